The number of allylic oxidation sites excluding steroid dienone is 2. The van der Waals surface area contributed by atoms with E-state index in [4.69, 9.17) is 14.2 Å². The van der Waals surface area contributed by atoms with Gasteiger partial charge < -0.3 is 44.8 Å². The van der Waals surface area contributed by atoms with E-state index < -0.39 is 55.6 Å². The molecule has 6 N–H and O–H groups in total. The van der Waals surface area contributed by atoms with Crippen molar-refractivity contribution in [1.82, 2.24) is 0 Å². The second-order valence-corrected chi connectivity index (χ2v) is 15.6. The van der Waals surface area contributed by atoms with Crippen molar-refractivity contribution in [3.8, 4) is 0 Å². The molecule has 5 rings (SSSR count). The fourth-order valence-corrected chi connectivity index (χ4v) is 9.89. The Bertz CT molecular complexity index is 1080. The Kier molecular flexibility index (Phi) is 10.2. The highest BCUT2D eigenvalue weighted by Gasteiger charge is 2.62. The van der Waals surface area contributed by atoms with Crippen LogP contribution in [0.15, 0.2) is 23.3 Å². The Labute approximate surface area is 263 Å². The maximum absolute atomic E-state index is 11.8. The number of aliphatic hydroxyl groups excluding tert-OH is 6. The summed E-state index contributed by atoms with van der Waals surface area (Å²) in [5, 5.41) is 65.4. The topological polar surface area (TPSA) is 149 Å². The molecular weight excluding hydrogens is 564 g/mol. The zero-order chi connectivity index (χ0) is 32.3. The summed E-state index contributed by atoms with van der Waals surface area (Å²) in [6.07, 6.45) is 0.558. The second-order valence-electron chi connectivity index (χ2n) is 15.6. The van der Waals surface area contributed by atoms with Crippen LogP contribution in [0.4, 0.5) is 0 Å². The third-order valence-corrected chi connectivity index (χ3v) is 12.9. The molecule has 9 heteroatoms. The summed E-state index contributed by atoms with van der Waals surface area (Å²) in [7, 11) is 1.41. The van der Waals surface area contributed by atoms with Crippen LogP contribution < -0.4 is 0 Å². The van der Waals surface area contributed by atoms with Crippen LogP contribution in [-0.4, -0.2) is 99.5 Å². The molecule has 0 bridgehead atoms. The van der Waals surface area contributed by atoms with E-state index in [2.05, 4.69) is 53.7 Å². The Morgan fingerprint density at radius 3 is 2.30 bits per heavy atom. The van der Waals surface area contributed by atoms with Crippen molar-refractivity contribution in [2.75, 3.05) is 13.7 Å². The molecule has 0 radical (unpaired) electrons. The molecule has 3 saturated carbocycles. The predicted molar refractivity (Wildman–Crippen MR) is 165 cm³/mol. The lowest BCUT2D eigenvalue weighted by Gasteiger charge is -2.59. The van der Waals surface area contributed by atoms with E-state index >= 15 is 0 Å². The highest BCUT2D eigenvalue weighted by Crippen LogP contribution is 2.66. The number of rotatable bonds is 8. The van der Waals surface area contributed by atoms with Crippen molar-refractivity contribution in [3.63, 3.8) is 0 Å². The first-order chi connectivity index (χ1) is 20.7. The van der Waals surface area contributed by atoms with Crippen molar-refractivity contribution in [1.29, 1.82) is 0 Å². The lowest BCUT2D eigenvalue weighted by Crippen LogP contribution is -2.60. The normalized spacial score (nSPS) is 49.1. The van der Waals surface area contributed by atoms with Gasteiger partial charge in [0.05, 0.1) is 24.9 Å². The van der Waals surface area contributed by atoms with Crippen molar-refractivity contribution in [3.05, 3.63) is 23.3 Å². The first-order valence-corrected chi connectivity index (χ1v) is 17.0. The molecule has 0 aromatic rings. The minimum atomic E-state index is -1.26. The molecule has 252 valence electrons. The second kappa shape index (κ2) is 13.0. The molecular formula is C35H58O9. The van der Waals surface area contributed by atoms with Crippen LogP contribution in [0.2, 0.25) is 0 Å². The molecule has 0 spiro atoms. The van der Waals surface area contributed by atoms with E-state index in [1.807, 2.05) is 0 Å². The Morgan fingerprint density at radius 2 is 1.66 bits per heavy atom. The van der Waals surface area contributed by atoms with Crippen LogP contribution in [0.25, 0.3) is 0 Å². The average molecular weight is 623 g/mol. The van der Waals surface area contributed by atoms with Gasteiger partial charge in [0, 0.05) is 13.0 Å². The van der Waals surface area contributed by atoms with Gasteiger partial charge in [0.2, 0.25) is 0 Å². The molecule has 5 aliphatic rings. The third-order valence-electron chi connectivity index (χ3n) is 12.9. The average Bonchev–Trinajstić information content (AvgIpc) is 3.28. The van der Waals surface area contributed by atoms with Gasteiger partial charge in [-0.3, -0.25) is 0 Å². The number of hydrogen-bond acceptors (Lipinski definition) is 9. The molecule has 0 aromatic carbocycles. The Hall–Kier alpha value is -0.880. The van der Waals surface area contributed by atoms with E-state index in [1.165, 1.54) is 7.11 Å². The van der Waals surface area contributed by atoms with Crippen LogP contribution >= 0.6 is 0 Å². The zero-order valence-electron chi connectivity index (χ0n) is 27.7. The van der Waals surface area contributed by atoms with Gasteiger partial charge in [-0.25, -0.2) is 0 Å². The van der Waals surface area contributed by atoms with Crippen LogP contribution in [0.1, 0.15) is 80.1 Å². The first kappa shape index (κ1) is 34.5. The molecule has 4 aliphatic carbocycles. The first-order valence-electron chi connectivity index (χ1n) is 17.0. The predicted octanol–water partition coefficient (Wildman–Crippen LogP) is 2.95. The van der Waals surface area contributed by atoms with Gasteiger partial charge in [-0.1, -0.05) is 59.3 Å². The van der Waals surface area contributed by atoms with Crippen molar-refractivity contribution in [2.45, 2.75) is 135 Å². The molecule has 4 fully saturated rings. The number of ether oxygens (including phenoxy) is 3. The van der Waals surface area contributed by atoms with E-state index in [0.29, 0.717) is 31.1 Å². The number of methoxy groups -OCH3 is 1. The van der Waals surface area contributed by atoms with E-state index in [1.54, 1.807) is 0 Å². The van der Waals surface area contributed by atoms with Gasteiger partial charge in [-0.15, -0.1) is 0 Å². The molecule has 9 nitrogen and oxygen atoms in total. The summed E-state index contributed by atoms with van der Waals surface area (Å²) in [4.78, 5) is 0. The van der Waals surface area contributed by atoms with Gasteiger partial charge >= 0.3 is 0 Å². The highest BCUT2D eigenvalue weighted by atomic mass is 16.7. The maximum Gasteiger partial charge on any atom is 0.186 e. The van der Waals surface area contributed by atoms with Gasteiger partial charge in [0.15, 0.2) is 6.29 Å². The van der Waals surface area contributed by atoms with Crippen molar-refractivity contribution in [2.24, 2.45) is 46.3 Å². The number of hydrogen-bond donors (Lipinski definition) is 6. The quantitative estimate of drug-likeness (QED) is 0.225. The summed E-state index contributed by atoms with van der Waals surface area (Å²) in [6.45, 7) is 12.9. The smallest absolute Gasteiger partial charge is 0.186 e. The minimum absolute atomic E-state index is 0.0131. The molecule has 0 amide bonds. The Morgan fingerprint density at radius 1 is 0.955 bits per heavy atom. The van der Waals surface area contributed by atoms with E-state index in [-0.39, 0.29) is 40.6 Å². The number of aliphatic hydroxyl groups is 6. The molecule has 16 atom stereocenters. The third kappa shape index (κ3) is 5.66. The minimum Gasteiger partial charge on any atom is -0.394 e. The summed E-state index contributed by atoms with van der Waals surface area (Å²) < 4.78 is 18.0. The molecule has 44 heavy (non-hydrogen) atoms. The van der Waals surface area contributed by atoms with Gasteiger partial charge in [0.25, 0.3) is 0 Å². The molecule has 16 unspecified atom stereocenters. The maximum atomic E-state index is 11.8. The highest BCUT2D eigenvalue weighted by molar-refractivity contribution is 5.40. The number of fused-ring (bicyclic) bond motifs is 4. The van der Waals surface area contributed by atoms with Gasteiger partial charge in [-0.2, -0.15) is 0 Å². The largest absolute Gasteiger partial charge is 0.394 e. The summed E-state index contributed by atoms with van der Waals surface area (Å²) in [6, 6.07) is 0. The lowest BCUT2D eigenvalue weighted by atomic mass is 9.47. The summed E-state index contributed by atoms with van der Waals surface area (Å²) >= 11 is 0. The van der Waals surface area contributed by atoms with Crippen molar-refractivity contribution < 1.29 is 44.8 Å². The van der Waals surface area contributed by atoms with Crippen LogP contribution in [0.5, 0.6) is 0 Å². The summed E-state index contributed by atoms with van der Waals surface area (Å²) in [5.41, 5.74) is 1.56. The fourth-order valence-electron chi connectivity index (χ4n) is 9.89. The zero-order valence-corrected chi connectivity index (χ0v) is 27.7. The van der Waals surface area contributed by atoms with Crippen LogP contribution in [0.3, 0.4) is 0 Å². The monoisotopic (exact) mass is 622 g/mol. The fraction of sp³-hybridized carbons (Fsp3) is 0.886. The van der Waals surface area contributed by atoms with Gasteiger partial charge in [-0.05, 0) is 84.5 Å². The molecule has 1 saturated heterocycles. The standard InChI is InChI=1S/C35H58O9/c1-17(2)18(3)8-9-19(4)27-24(43-33-31(41)32(42-7)29(39)25(16-36)44-33)15-22-26-21(11-13-35(22,27)6)34(5)12-10-20(37)14-23(34)28(38)30(26)40/h8-9,17-21,23-25,27-33,36-41H,10-16H2,1-7H3. The summed E-state index contributed by atoms with van der Waals surface area (Å²) in [5.74, 6) is 0.918. The van der Waals surface area contributed by atoms with Crippen molar-refractivity contribution >= 4 is 0 Å². The van der Waals surface area contributed by atoms with Crippen LogP contribution in [0, 0.1) is 46.3 Å². The molecule has 1 aliphatic heterocycles. The lowest BCUT2D eigenvalue weighted by molar-refractivity contribution is -0.318. The van der Waals surface area contributed by atoms with E-state index in [9.17, 15) is 30.6 Å². The molecule has 0 aromatic heterocycles. The van der Waals surface area contributed by atoms with Gasteiger partial charge in [0.1, 0.15) is 30.5 Å². The Balaban J connectivity index is 1.55. The molecule has 1 heterocycles. The SMILES string of the molecule is COC1C(O)C(CO)OC(OC2CC3=C4C(O)C(O)C5CC(O)CCC5(C)C4CCC3(C)C2C(C)C=CC(C)C(C)C)C1O. The van der Waals surface area contributed by atoms with E-state index in [0.717, 1.165) is 30.4 Å². The van der Waals surface area contributed by atoms with Crippen LogP contribution in [-0.2, 0) is 14.2 Å².